The molecule has 3 aromatic rings. The van der Waals surface area contributed by atoms with Crippen molar-refractivity contribution in [2.75, 3.05) is 16.8 Å². The molecule has 3 N–H and O–H groups in total. The number of carbonyl (C=O) groups is 2. The maximum Gasteiger partial charge on any atom is 0.255 e. The number of ether oxygens (including phenoxy) is 2. The first-order valence-electron chi connectivity index (χ1n) is 11.5. The van der Waals surface area contributed by atoms with Gasteiger partial charge in [0.25, 0.3) is 5.91 Å². The summed E-state index contributed by atoms with van der Waals surface area (Å²) in [5, 5.41) is 2.61. The summed E-state index contributed by atoms with van der Waals surface area (Å²) in [7, 11) is 0. The van der Waals surface area contributed by atoms with E-state index < -0.39 is 17.5 Å². The summed E-state index contributed by atoms with van der Waals surface area (Å²) in [4.78, 5) is 29.7. The van der Waals surface area contributed by atoms with Crippen molar-refractivity contribution in [2.45, 2.75) is 13.8 Å². The molecule has 10 heteroatoms. The van der Waals surface area contributed by atoms with Gasteiger partial charge in [-0.05, 0) is 80.7 Å². The zero-order chi connectivity index (χ0) is 27.5. The third kappa shape index (κ3) is 7.26. The molecule has 0 fully saturated rings. The molecule has 196 valence electrons. The Morgan fingerprint density at radius 2 is 1.89 bits per heavy atom. The lowest BCUT2D eigenvalue weighted by Gasteiger charge is -2.14. The number of rotatable bonds is 11. The van der Waals surface area contributed by atoms with Crippen LogP contribution < -0.4 is 20.7 Å². The van der Waals surface area contributed by atoms with E-state index >= 15 is 0 Å². The fourth-order valence-corrected chi connectivity index (χ4v) is 3.20. The number of nitrogens with two attached hydrogens (primary N) is 1. The molecule has 0 aliphatic heterocycles. The molecule has 38 heavy (non-hydrogen) atoms. The molecule has 0 saturated carbocycles. The highest BCUT2D eigenvalue weighted by molar-refractivity contribution is 6.04. The molecule has 8 nitrogen and oxygen atoms in total. The van der Waals surface area contributed by atoms with Gasteiger partial charge in [0.2, 0.25) is 6.41 Å². The van der Waals surface area contributed by atoms with Gasteiger partial charge in [-0.1, -0.05) is 0 Å². The van der Waals surface area contributed by atoms with Gasteiger partial charge >= 0.3 is 0 Å². The van der Waals surface area contributed by atoms with E-state index in [2.05, 4.69) is 10.3 Å². The lowest BCUT2D eigenvalue weighted by atomic mass is 10.2. The number of nitrogens with one attached hydrogen (secondary N) is 1. The molecule has 0 radical (unpaired) electrons. The predicted octanol–water partition coefficient (Wildman–Crippen LogP) is 5.51. The number of hydrogen-bond acceptors (Lipinski definition) is 6. The van der Waals surface area contributed by atoms with Gasteiger partial charge in [0.1, 0.15) is 17.3 Å². The largest absolute Gasteiger partial charge is 0.493 e. The third-order valence-corrected chi connectivity index (χ3v) is 5.10. The highest BCUT2D eigenvalue weighted by atomic mass is 19.1. The molecular formula is C28H26F2N4O4. The summed E-state index contributed by atoms with van der Waals surface area (Å²) in [5.74, 6) is -1.26. The highest BCUT2D eigenvalue weighted by Gasteiger charge is 2.14. The number of halogens is 2. The Labute approximate surface area is 218 Å². The van der Waals surface area contributed by atoms with Crippen LogP contribution in [0.25, 0.3) is 6.08 Å². The van der Waals surface area contributed by atoms with Crippen molar-refractivity contribution in [3.8, 4) is 11.5 Å². The molecule has 0 atom stereocenters. The third-order valence-electron chi connectivity index (χ3n) is 5.10. The molecule has 2 amide bonds. The number of allylic oxidation sites excluding steroid dienone is 1. The van der Waals surface area contributed by atoms with Crippen LogP contribution in [-0.2, 0) is 14.3 Å². The van der Waals surface area contributed by atoms with Gasteiger partial charge in [-0.3, -0.25) is 19.5 Å². The van der Waals surface area contributed by atoms with Crippen LogP contribution in [-0.4, -0.2) is 23.9 Å². The normalized spacial score (nSPS) is 11.8. The van der Waals surface area contributed by atoms with Crippen LogP contribution >= 0.6 is 0 Å². The van der Waals surface area contributed by atoms with Crippen LogP contribution in [0.3, 0.4) is 0 Å². The zero-order valence-corrected chi connectivity index (χ0v) is 20.7. The Balaban J connectivity index is 1.77. The van der Waals surface area contributed by atoms with Gasteiger partial charge in [0.15, 0.2) is 17.3 Å². The Bertz CT molecular complexity index is 1370. The zero-order valence-electron chi connectivity index (χ0n) is 20.7. The smallest absolute Gasteiger partial charge is 0.255 e. The van der Waals surface area contributed by atoms with Gasteiger partial charge in [-0.25, -0.2) is 8.78 Å². The Kier molecular flexibility index (Phi) is 9.70. The van der Waals surface area contributed by atoms with Crippen molar-refractivity contribution in [1.29, 1.82) is 0 Å². The van der Waals surface area contributed by atoms with Gasteiger partial charge in [-0.2, -0.15) is 0 Å². The SMILES string of the molecule is CCOC(/C=C\N(C=O)c1ccc(F)cc1)=C(/C)C(=O)Nc1ccc(Oc2cccnc2C=CN)c(F)c1. The van der Waals surface area contributed by atoms with Crippen molar-refractivity contribution in [3.63, 3.8) is 0 Å². The minimum atomic E-state index is -0.707. The van der Waals surface area contributed by atoms with Crippen molar-refractivity contribution in [2.24, 2.45) is 5.73 Å². The molecule has 0 bridgehead atoms. The Morgan fingerprint density at radius 3 is 2.55 bits per heavy atom. The molecule has 0 aliphatic carbocycles. The first kappa shape index (κ1) is 27.6. The Morgan fingerprint density at radius 1 is 1.13 bits per heavy atom. The summed E-state index contributed by atoms with van der Waals surface area (Å²) < 4.78 is 39.2. The lowest BCUT2D eigenvalue weighted by Crippen LogP contribution is -2.16. The molecule has 0 spiro atoms. The monoisotopic (exact) mass is 520 g/mol. The van der Waals surface area contributed by atoms with Crippen LogP contribution in [0.15, 0.2) is 90.6 Å². The first-order chi connectivity index (χ1) is 18.4. The molecule has 0 saturated heterocycles. The van der Waals surface area contributed by atoms with Crippen molar-refractivity contribution < 1.29 is 27.8 Å². The average Bonchev–Trinajstić information content (AvgIpc) is 2.91. The van der Waals surface area contributed by atoms with Crippen molar-refractivity contribution >= 4 is 29.8 Å². The number of carbonyl (C=O) groups excluding carboxylic acids is 2. The minimum Gasteiger partial charge on any atom is -0.493 e. The van der Waals surface area contributed by atoms with Crippen LogP contribution in [0.1, 0.15) is 19.5 Å². The summed E-state index contributed by atoms with van der Waals surface area (Å²) >= 11 is 0. The minimum absolute atomic E-state index is 0.0670. The highest BCUT2D eigenvalue weighted by Crippen LogP contribution is 2.29. The van der Waals surface area contributed by atoms with E-state index in [1.54, 1.807) is 25.3 Å². The maximum atomic E-state index is 14.8. The van der Waals surface area contributed by atoms with E-state index in [9.17, 15) is 18.4 Å². The van der Waals surface area contributed by atoms with Crippen LogP contribution in [0.2, 0.25) is 0 Å². The van der Waals surface area contributed by atoms with E-state index in [1.807, 2.05) is 0 Å². The molecule has 1 heterocycles. The predicted molar refractivity (Wildman–Crippen MR) is 141 cm³/mol. The number of amides is 2. The topological polar surface area (TPSA) is 107 Å². The average molecular weight is 521 g/mol. The van der Waals surface area contributed by atoms with Gasteiger partial charge in [0.05, 0.1) is 12.2 Å². The number of hydrogen-bond donors (Lipinski definition) is 2. The van der Waals surface area contributed by atoms with Gasteiger partial charge in [-0.15, -0.1) is 0 Å². The maximum absolute atomic E-state index is 14.8. The summed E-state index contributed by atoms with van der Waals surface area (Å²) in [6.07, 6.45) is 7.74. The van der Waals surface area contributed by atoms with Gasteiger partial charge in [0, 0.05) is 29.8 Å². The second kappa shape index (κ2) is 13.4. The van der Waals surface area contributed by atoms with E-state index in [0.717, 1.165) is 6.07 Å². The summed E-state index contributed by atoms with van der Waals surface area (Å²) in [6.45, 7) is 3.51. The molecule has 2 aromatic carbocycles. The van der Waals surface area contributed by atoms with Crippen LogP contribution in [0, 0.1) is 11.6 Å². The molecule has 0 unspecified atom stereocenters. The standard InChI is InChI=1S/C28H26F2N4O4/c1-3-37-25(13-16-34(18-35)22-9-6-20(29)7-10-22)19(2)28(36)33-21-8-11-26(23(30)17-21)38-27-5-4-15-32-24(27)12-14-31/h4-18H,3,31H2,1-2H3,(H,33,36)/b14-12?,16-13-,25-19-. The Hall–Kier alpha value is -4.99. The van der Waals surface area contributed by atoms with Crippen molar-refractivity contribution in [1.82, 2.24) is 4.98 Å². The summed E-state index contributed by atoms with van der Waals surface area (Å²) in [6, 6.07) is 12.6. The number of anilines is 2. The summed E-state index contributed by atoms with van der Waals surface area (Å²) in [5.41, 5.74) is 6.64. The number of nitrogens with zero attached hydrogens (tertiary/aromatic N) is 2. The number of aromatic nitrogens is 1. The van der Waals surface area contributed by atoms with E-state index in [0.29, 0.717) is 23.5 Å². The second-order valence-corrected chi connectivity index (χ2v) is 7.67. The second-order valence-electron chi connectivity index (χ2n) is 7.67. The molecular weight excluding hydrogens is 494 g/mol. The van der Waals surface area contributed by atoms with E-state index in [1.165, 1.54) is 72.8 Å². The molecule has 1 aromatic heterocycles. The molecule has 0 aliphatic rings. The number of pyridine rings is 1. The first-order valence-corrected chi connectivity index (χ1v) is 11.5. The fourth-order valence-electron chi connectivity index (χ4n) is 3.20. The van der Waals surface area contributed by atoms with Gasteiger partial charge < -0.3 is 20.5 Å². The van der Waals surface area contributed by atoms with Crippen LogP contribution in [0.5, 0.6) is 11.5 Å². The number of benzene rings is 2. The fraction of sp³-hybridized carbons (Fsp3) is 0.107. The van der Waals surface area contributed by atoms with E-state index in [-0.39, 0.29) is 29.4 Å². The quantitative estimate of drug-likeness (QED) is 0.150. The molecule has 3 rings (SSSR count). The van der Waals surface area contributed by atoms with Crippen LogP contribution in [0.4, 0.5) is 20.2 Å². The lowest BCUT2D eigenvalue weighted by molar-refractivity contribution is -0.113. The van der Waals surface area contributed by atoms with Crippen molar-refractivity contribution in [3.05, 3.63) is 108 Å². The van der Waals surface area contributed by atoms with E-state index in [4.69, 9.17) is 15.2 Å².